The molecule has 0 aliphatic rings. The van der Waals surface area contributed by atoms with E-state index in [4.69, 9.17) is 40.6 Å². The van der Waals surface area contributed by atoms with E-state index in [0.717, 1.165) is 47.5 Å². The maximum Gasteiger partial charge on any atom is 0.319 e. The van der Waals surface area contributed by atoms with Crippen LogP contribution < -0.4 is 0 Å². The third kappa shape index (κ3) is 24.8. The zero-order chi connectivity index (χ0) is 54.0. The number of aryl methyl sites for hydroxylation is 2. The lowest BCUT2D eigenvalue weighted by Gasteiger charge is -2.34. The first-order valence-electron chi connectivity index (χ1n) is 25.2. The number of thiocarbonyl (C=S) groups is 1. The molecule has 0 fully saturated rings. The number of benzene rings is 2. The van der Waals surface area contributed by atoms with E-state index >= 15 is 0 Å². The van der Waals surface area contributed by atoms with Crippen LogP contribution in [0.2, 0.25) is 0 Å². The third-order valence-electron chi connectivity index (χ3n) is 11.6. The second-order valence-corrected chi connectivity index (χ2v) is 24.3. The van der Waals surface area contributed by atoms with E-state index in [1.165, 1.54) is 0 Å². The summed E-state index contributed by atoms with van der Waals surface area (Å²) in [5, 5.41) is 17.0. The number of thioether (sulfide) groups is 2. The van der Waals surface area contributed by atoms with E-state index in [2.05, 4.69) is 0 Å². The van der Waals surface area contributed by atoms with Gasteiger partial charge in [0.15, 0.2) is 0 Å². The molecule has 0 saturated carbocycles. The van der Waals surface area contributed by atoms with Crippen LogP contribution in [0.3, 0.4) is 0 Å². The van der Waals surface area contributed by atoms with Gasteiger partial charge in [0.05, 0.1) is 49.1 Å². The van der Waals surface area contributed by atoms with E-state index in [1.54, 1.807) is 55.4 Å². The summed E-state index contributed by atoms with van der Waals surface area (Å²) in [7, 11) is 0. The van der Waals surface area contributed by atoms with Crippen molar-refractivity contribution < 1.29 is 67.4 Å². The SMILES string of the molecule is CCCCOC(=O)C(CC(CC(C)(CCc1ccccc1)C(=O)OC(C)(C)C)C(=O)OCCO)SC(=S)SC(CC(CC(C)(CCc1ccccc1)C(=O)OC(C)(C)C)C(=O)OCCO)C(=O)OCCCC. The number of hydrogen-bond donors (Lipinski definition) is 2. The maximum absolute atomic E-state index is 14.2. The minimum Gasteiger partial charge on any atom is -0.465 e. The fourth-order valence-corrected chi connectivity index (χ4v) is 10.7. The minimum absolute atomic E-state index is 0.0866. The lowest BCUT2D eigenvalue weighted by Crippen LogP contribution is -2.40. The Balaban J connectivity index is 2.68. The predicted octanol–water partition coefficient (Wildman–Crippen LogP) is 9.99. The smallest absolute Gasteiger partial charge is 0.319 e. The van der Waals surface area contributed by atoms with E-state index in [0.29, 0.717) is 25.7 Å². The Labute approximate surface area is 442 Å². The number of carbonyl (C=O) groups excluding carboxylic acids is 6. The molecule has 6 atom stereocenters. The van der Waals surface area contributed by atoms with Gasteiger partial charge in [-0.2, -0.15) is 0 Å². The van der Waals surface area contributed by atoms with Crippen LogP contribution in [0.15, 0.2) is 60.7 Å². The first-order valence-corrected chi connectivity index (χ1v) is 27.4. The fraction of sp³-hybridized carbons (Fsp3) is 0.655. The normalized spacial score (nSPS) is 15.1. The number of hydrogen-bond acceptors (Lipinski definition) is 17. The number of rotatable bonds is 32. The molecular weight excluding hydrogens is 981 g/mol. The Morgan fingerprint density at radius 1 is 0.528 bits per heavy atom. The molecule has 2 aromatic rings. The van der Waals surface area contributed by atoms with Crippen LogP contribution in [0, 0.1) is 22.7 Å². The van der Waals surface area contributed by atoms with Crippen molar-refractivity contribution in [3.8, 4) is 0 Å². The van der Waals surface area contributed by atoms with E-state index < -0.39 is 93.4 Å². The van der Waals surface area contributed by atoms with Crippen molar-refractivity contribution >= 4 is 75.1 Å². The summed E-state index contributed by atoms with van der Waals surface area (Å²) in [5.41, 5.74) is -2.30. The molecule has 2 aromatic carbocycles. The van der Waals surface area contributed by atoms with Gasteiger partial charge in [0.25, 0.3) is 0 Å². The number of unbranched alkanes of at least 4 members (excludes halogenated alkanes) is 2. The zero-order valence-corrected chi connectivity index (χ0v) is 46.8. The second-order valence-electron chi connectivity index (χ2n) is 20.7. The monoisotopic (exact) mass is 1060 g/mol. The molecule has 2 N–H and O–H groups in total. The summed E-state index contributed by atoms with van der Waals surface area (Å²) < 4.78 is 34.4. The summed E-state index contributed by atoms with van der Waals surface area (Å²) in [6.07, 6.45) is 3.50. The van der Waals surface area contributed by atoms with Crippen molar-refractivity contribution in [3.63, 3.8) is 0 Å². The van der Waals surface area contributed by atoms with Crippen LogP contribution in [-0.4, -0.2) is 111 Å². The van der Waals surface area contributed by atoms with Crippen molar-refractivity contribution in [2.75, 3.05) is 39.6 Å². The Bertz CT molecular complexity index is 1850. The van der Waals surface area contributed by atoms with Gasteiger partial charge in [-0.15, -0.1) is 0 Å². The summed E-state index contributed by atoms with van der Waals surface area (Å²) in [4.78, 5) is 84.7. The van der Waals surface area contributed by atoms with Crippen LogP contribution in [-0.2, 0) is 70.0 Å². The van der Waals surface area contributed by atoms with Crippen molar-refractivity contribution in [1.82, 2.24) is 0 Å². The van der Waals surface area contributed by atoms with Gasteiger partial charge in [-0.1, -0.05) is 123 Å². The first-order chi connectivity index (χ1) is 33.9. The summed E-state index contributed by atoms with van der Waals surface area (Å²) >= 11 is 7.78. The van der Waals surface area contributed by atoms with Gasteiger partial charge in [-0.3, -0.25) is 28.8 Å². The topological polar surface area (TPSA) is 198 Å². The van der Waals surface area contributed by atoms with E-state index in [1.807, 2.05) is 74.5 Å². The lowest BCUT2D eigenvalue weighted by atomic mass is 9.75. The quantitative estimate of drug-likeness (QED) is 0.0303. The average molecular weight is 1060 g/mol. The molecule has 0 saturated heterocycles. The van der Waals surface area contributed by atoms with E-state index in [-0.39, 0.29) is 68.5 Å². The highest BCUT2D eigenvalue weighted by atomic mass is 32.2. The van der Waals surface area contributed by atoms with Gasteiger partial charge in [-0.25, -0.2) is 0 Å². The Kier molecular flexibility index (Phi) is 28.8. The molecule has 0 aliphatic carbocycles. The molecule has 0 radical (unpaired) electrons. The molecular formula is C55H82O14S3. The molecule has 0 heterocycles. The molecule has 0 aromatic heterocycles. The lowest BCUT2D eigenvalue weighted by molar-refractivity contribution is -0.171. The number of esters is 6. The summed E-state index contributed by atoms with van der Waals surface area (Å²) in [5.74, 6) is -6.13. The molecule has 0 spiro atoms. The number of ether oxygens (including phenoxy) is 6. The standard InChI is InChI=1S/C55H82O14S3/c1-11-13-31-64-47(60)43(35-41(45(58)66-33-29-56)37-54(9,49(62)68-52(3,4)5)27-25-39-21-17-15-18-22-39)71-51(70)72-44(48(61)65-32-14-12-2)36-42(46(59)67-34-30-57)38-55(10,50(63)69-53(6,7)8)28-26-40-23-19-16-20-24-40/h15-24,41-44,56-57H,11-14,25-38H2,1-10H3. The number of aliphatic hydroxyl groups is 2. The first kappa shape index (κ1) is 64.1. The number of aliphatic hydroxyl groups excluding tert-OH is 2. The third-order valence-corrected chi connectivity index (χ3v) is 14.5. The van der Waals surface area contributed by atoms with Crippen molar-refractivity contribution in [1.29, 1.82) is 0 Å². The molecule has 6 unspecified atom stereocenters. The predicted molar refractivity (Wildman–Crippen MR) is 286 cm³/mol. The minimum atomic E-state index is -1.26. The van der Waals surface area contributed by atoms with Gasteiger partial charge >= 0.3 is 35.8 Å². The maximum atomic E-state index is 14.2. The summed E-state index contributed by atoms with van der Waals surface area (Å²) in [6, 6.07) is 19.1. The molecule has 2 rings (SSSR count). The molecule has 404 valence electrons. The molecule has 14 nitrogen and oxygen atoms in total. The average Bonchev–Trinajstić information content (AvgIpc) is 3.32. The second kappa shape index (κ2) is 32.3. The van der Waals surface area contributed by atoms with Crippen molar-refractivity contribution in [2.45, 2.75) is 168 Å². The van der Waals surface area contributed by atoms with Crippen molar-refractivity contribution in [2.24, 2.45) is 22.7 Å². The molecule has 0 aliphatic heterocycles. The van der Waals surface area contributed by atoms with Gasteiger partial charge < -0.3 is 38.6 Å². The van der Waals surface area contributed by atoms with Gasteiger partial charge in [0.2, 0.25) is 0 Å². The number of carbonyl (C=O) groups is 6. The Morgan fingerprint density at radius 2 is 0.861 bits per heavy atom. The largest absolute Gasteiger partial charge is 0.465 e. The van der Waals surface area contributed by atoms with Gasteiger partial charge in [0, 0.05) is 0 Å². The van der Waals surface area contributed by atoms with Crippen LogP contribution in [0.25, 0.3) is 0 Å². The highest BCUT2D eigenvalue weighted by Crippen LogP contribution is 2.42. The molecule has 0 bridgehead atoms. The van der Waals surface area contributed by atoms with Gasteiger partial charge in [-0.05, 0) is 131 Å². The highest BCUT2D eigenvalue weighted by Gasteiger charge is 2.45. The van der Waals surface area contributed by atoms with Gasteiger partial charge in [0.1, 0.15) is 38.4 Å². The Hall–Kier alpha value is -4.03. The zero-order valence-electron chi connectivity index (χ0n) is 44.3. The summed E-state index contributed by atoms with van der Waals surface area (Å²) in [6.45, 7) is 16.5. The van der Waals surface area contributed by atoms with Crippen LogP contribution in [0.5, 0.6) is 0 Å². The van der Waals surface area contributed by atoms with Crippen LogP contribution in [0.1, 0.15) is 145 Å². The van der Waals surface area contributed by atoms with Crippen molar-refractivity contribution in [3.05, 3.63) is 71.8 Å². The fourth-order valence-electron chi connectivity index (χ4n) is 7.63. The molecule has 72 heavy (non-hydrogen) atoms. The molecule has 17 heteroatoms. The van der Waals surface area contributed by atoms with E-state index in [9.17, 15) is 39.0 Å². The van der Waals surface area contributed by atoms with Crippen LogP contribution >= 0.6 is 35.7 Å². The Morgan fingerprint density at radius 3 is 1.17 bits per heavy atom. The molecule has 0 amide bonds. The highest BCUT2D eigenvalue weighted by molar-refractivity contribution is 8.47. The van der Waals surface area contributed by atoms with Crippen LogP contribution in [0.4, 0.5) is 0 Å².